The lowest BCUT2D eigenvalue weighted by molar-refractivity contribution is 0.0271. The fourth-order valence-electron chi connectivity index (χ4n) is 2.62. The maximum Gasteiger partial charge on any atom is 0.290 e. The lowest BCUT2D eigenvalue weighted by Gasteiger charge is -2.34. The zero-order valence-electron chi connectivity index (χ0n) is 11.3. The third-order valence-corrected chi connectivity index (χ3v) is 3.63. The van der Waals surface area contributed by atoms with Crippen LogP contribution in [0.4, 0.5) is 0 Å². The molecule has 106 valence electrons. The molecule has 2 atom stereocenters. The van der Waals surface area contributed by atoms with Crippen LogP contribution in [-0.2, 0) is 0 Å². The van der Waals surface area contributed by atoms with Crippen LogP contribution < -0.4 is 5.56 Å². The second kappa shape index (κ2) is 5.71. The summed E-state index contributed by atoms with van der Waals surface area (Å²) in [6.07, 6.45) is 3.32. The molecule has 0 aromatic carbocycles. The topological polar surface area (TPSA) is 75.7 Å². The van der Waals surface area contributed by atoms with E-state index in [0.717, 1.165) is 30.4 Å². The normalized spacial score (nSPS) is 23.8. The molecule has 1 aliphatic rings. The smallest absolute Gasteiger partial charge is 0.290 e. The lowest BCUT2D eigenvalue weighted by Crippen LogP contribution is -2.46. The van der Waals surface area contributed by atoms with Crippen molar-refractivity contribution in [2.75, 3.05) is 13.6 Å². The molecule has 6 nitrogen and oxygen atoms in total. The number of aliphatic hydroxyl groups is 1. The average Bonchev–Trinajstić information content (AvgIpc) is 2.69. The van der Waals surface area contributed by atoms with Crippen LogP contribution in [-0.4, -0.2) is 46.4 Å². The van der Waals surface area contributed by atoms with Gasteiger partial charge in [-0.15, -0.1) is 4.74 Å². The summed E-state index contributed by atoms with van der Waals surface area (Å²) in [5, 5.41) is 9.94. The first-order valence-corrected chi connectivity index (χ1v) is 6.60. The molecule has 0 amide bonds. The summed E-state index contributed by atoms with van der Waals surface area (Å²) < 4.78 is 5.84. The van der Waals surface area contributed by atoms with E-state index in [2.05, 4.69) is 0 Å². The van der Waals surface area contributed by atoms with Crippen LogP contribution in [0.5, 0.6) is 0 Å². The molecule has 0 aliphatic heterocycles. The number of likely N-dealkylation sites (N-methyl/N-ethyl adjacent to an activating group) is 1. The lowest BCUT2D eigenvalue weighted by atomic mass is 9.91. The predicted molar refractivity (Wildman–Crippen MR) is 69.2 cm³/mol. The minimum Gasteiger partial charge on any atom is -0.391 e. The maximum atomic E-state index is 12.0. The molecule has 1 fully saturated rings. The summed E-state index contributed by atoms with van der Waals surface area (Å²) in [4.78, 5) is 25.3. The van der Waals surface area contributed by atoms with Gasteiger partial charge in [-0.1, -0.05) is 12.8 Å². The van der Waals surface area contributed by atoms with Crippen LogP contribution in [0.2, 0.25) is 0 Å². The third kappa shape index (κ3) is 3.13. The number of hydrogen-bond acceptors (Lipinski definition) is 5. The van der Waals surface area contributed by atoms with Crippen LogP contribution in [0.15, 0.2) is 15.4 Å². The summed E-state index contributed by atoms with van der Waals surface area (Å²) in [6.45, 7) is 1.69. The fourth-order valence-corrected chi connectivity index (χ4v) is 2.62. The Morgan fingerprint density at radius 3 is 2.79 bits per heavy atom. The van der Waals surface area contributed by atoms with Crippen LogP contribution in [0.1, 0.15) is 36.2 Å². The van der Waals surface area contributed by atoms with Crippen LogP contribution in [0.3, 0.4) is 0 Å². The second-order valence-corrected chi connectivity index (χ2v) is 5.21. The first kappa shape index (κ1) is 14.0. The van der Waals surface area contributed by atoms with Gasteiger partial charge in [0.2, 0.25) is 0 Å². The van der Waals surface area contributed by atoms with Crippen molar-refractivity contribution in [3.05, 3.63) is 22.2 Å². The molecule has 0 bridgehead atoms. The number of rotatable bonds is 3. The van der Waals surface area contributed by atoms with Crippen molar-refractivity contribution in [3.8, 4) is 0 Å². The molecule has 1 aliphatic carbocycles. The van der Waals surface area contributed by atoms with Crippen LogP contribution in [0, 0.1) is 6.92 Å². The Hall–Kier alpha value is -1.40. The van der Waals surface area contributed by atoms with Crippen LogP contribution >= 0.6 is 0 Å². The first-order valence-electron chi connectivity index (χ1n) is 6.60. The summed E-state index contributed by atoms with van der Waals surface area (Å²) in [6, 6.07) is 1.26. The van der Waals surface area contributed by atoms with Crippen molar-refractivity contribution in [2.24, 2.45) is 0 Å². The van der Waals surface area contributed by atoms with Gasteiger partial charge in [-0.25, -0.2) is 0 Å². The van der Waals surface area contributed by atoms with E-state index in [1.807, 2.05) is 0 Å². The zero-order chi connectivity index (χ0) is 14.0. The Kier molecular flexibility index (Phi) is 4.21. The van der Waals surface area contributed by atoms with Gasteiger partial charge in [-0.3, -0.25) is 14.5 Å². The zero-order valence-corrected chi connectivity index (χ0v) is 11.3. The molecular formula is C13H20N2O4. The van der Waals surface area contributed by atoms with E-state index in [4.69, 9.17) is 4.52 Å². The van der Waals surface area contributed by atoms with E-state index >= 15 is 0 Å². The molecule has 1 aromatic heterocycles. The minimum atomic E-state index is -0.444. The van der Waals surface area contributed by atoms with Crippen molar-refractivity contribution in [1.29, 1.82) is 0 Å². The second-order valence-electron chi connectivity index (χ2n) is 5.21. The molecule has 19 heavy (non-hydrogen) atoms. The fraction of sp³-hybridized carbons (Fsp3) is 0.692. The van der Waals surface area contributed by atoms with Gasteiger partial charge in [-0.2, -0.15) is 0 Å². The summed E-state index contributed by atoms with van der Waals surface area (Å²) in [7, 11) is 1.79. The van der Waals surface area contributed by atoms with Crippen molar-refractivity contribution in [3.63, 3.8) is 0 Å². The number of aliphatic hydroxyl groups excluding tert-OH is 1. The van der Waals surface area contributed by atoms with Gasteiger partial charge in [-0.05, 0) is 26.8 Å². The molecule has 1 N–H and O–H groups in total. The molecule has 2 rings (SSSR count). The SMILES string of the molecule is Cc1cc(=O)n(C(=O)CN(C)C2CCCCC2O)o1. The number of aromatic nitrogens is 1. The molecule has 1 heterocycles. The van der Waals surface area contributed by atoms with E-state index in [1.165, 1.54) is 6.07 Å². The highest BCUT2D eigenvalue weighted by Gasteiger charge is 2.28. The van der Waals surface area contributed by atoms with Gasteiger partial charge < -0.3 is 9.63 Å². The standard InChI is InChI=1S/C13H20N2O4/c1-9-7-12(17)15(19-9)13(18)8-14(2)10-5-3-4-6-11(10)16/h7,10-11,16H,3-6,8H2,1-2H3. The van der Waals surface area contributed by atoms with E-state index in [1.54, 1.807) is 18.9 Å². The minimum absolute atomic E-state index is 0.0236. The predicted octanol–water partition coefficient (Wildman–Crippen LogP) is 0.625. The highest BCUT2D eigenvalue weighted by molar-refractivity contribution is 5.79. The summed E-state index contributed by atoms with van der Waals surface area (Å²) >= 11 is 0. The highest BCUT2D eigenvalue weighted by atomic mass is 16.5. The van der Waals surface area contributed by atoms with Crippen molar-refractivity contribution >= 4 is 5.91 Å². The first-order chi connectivity index (χ1) is 8.99. The Balaban J connectivity index is 2.02. The third-order valence-electron chi connectivity index (χ3n) is 3.63. The van der Waals surface area contributed by atoms with E-state index < -0.39 is 17.6 Å². The van der Waals surface area contributed by atoms with Crippen molar-refractivity contribution in [2.45, 2.75) is 44.8 Å². The number of carbonyl (C=O) groups is 1. The number of aryl methyl sites for hydroxylation is 1. The number of carbonyl (C=O) groups excluding carboxylic acids is 1. The van der Waals surface area contributed by atoms with Crippen LogP contribution in [0.25, 0.3) is 0 Å². The van der Waals surface area contributed by atoms with Gasteiger partial charge in [0.05, 0.1) is 12.6 Å². The molecule has 1 aromatic rings. The van der Waals surface area contributed by atoms with Gasteiger partial charge in [0, 0.05) is 12.1 Å². The average molecular weight is 268 g/mol. The van der Waals surface area contributed by atoms with Gasteiger partial charge in [0.1, 0.15) is 5.76 Å². The summed E-state index contributed by atoms with van der Waals surface area (Å²) in [5.41, 5.74) is -0.444. The van der Waals surface area contributed by atoms with E-state index in [0.29, 0.717) is 5.76 Å². The number of nitrogens with zero attached hydrogens (tertiary/aromatic N) is 2. The Morgan fingerprint density at radius 2 is 2.21 bits per heavy atom. The van der Waals surface area contributed by atoms with Crippen molar-refractivity contribution < 1.29 is 14.4 Å². The molecule has 0 radical (unpaired) electrons. The molecule has 0 saturated heterocycles. The molecule has 0 spiro atoms. The highest BCUT2D eigenvalue weighted by Crippen LogP contribution is 2.22. The quantitative estimate of drug-likeness (QED) is 0.870. The van der Waals surface area contributed by atoms with Gasteiger partial charge in [0.15, 0.2) is 0 Å². The van der Waals surface area contributed by atoms with E-state index in [-0.39, 0.29) is 12.6 Å². The molecule has 2 unspecified atom stereocenters. The summed E-state index contributed by atoms with van der Waals surface area (Å²) in [5.74, 6) is 0.0112. The Bertz CT molecular complexity index is 505. The van der Waals surface area contributed by atoms with Crippen molar-refractivity contribution in [1.82, 2.24) is 9.64 Å². The number of hydrogen-bond donors (Lipinski definition) is 1. The van der Waals surface area contributed by atoms with Gasteiger partial charge >= 0.3 is 0 Å². The Morgan fingerprint density at radius 1 is 1.53 bits per heavy atom. The molecule has 1 saturated carbocycles. The Labute approximate surface area is 111 Å². The van der Waals surface area contributed by atoms with Gasteiger partial charge in [0.25, 0.3) is 11.5 Å². The maximum absolute atomic E-state index is 12.0. The largest absolute Gasteiger partial charge is 0.391 e. The van der Waals surface area contributed by atoms with E-state index in [9.17, 15) is 14.7 Å². The molecule has 6 heteroatoms. The molecular weight excluding hydrogens is 248 g/mol. The monoisotopic (exact) mass is 268 g/mol.